The Morgan fingerprint density at radius 3 is 3.00 bits per heavy atom. The number of carbonyl (C=O) groups excluding carboxylic acids is 1. The first-order chi connectivity index (χ1) is 7.61. The van der Waals surface area contributed by atoms with Crippen molar-refractivity contribution in [2.24, 2.45) is 0 Å². The maximum atomic E-state index is 11.3. The normalized spacial score (nSPS) is 10.8. The summed E-state index contributed by atoms with van der Waals surface area (Å²) in [5.74, 6) is -0.0640. The molecule has 2 N–H and O–H groups in total. The number of aliphatic hydroxyl groups excluding tert-OH is 1. The smallest absolute Gasteiger partial charge is 0.234 e. The summed E-state index contributed by atoms with van der Waals surface area (Å²) < 4.78 is 1.10. The van der Waals surface area contributed by atoms with Crippen LogP contribution < -0.4 is 5.32 Å². The Hall–Kier alpha value is -0.430. The molecule has 0 radical (unpaired) electrons. The lowest BCUT2D eigenvalue weighted by Gasteiger charge is -2.15. The molecule has 1 rings (SSSR count). The van der Waals surface area contributed by atoms with Gasteiger partial charge >= 0.3 is 0 Å². The van der Waals surface area contributed by atoms with E-state index in [1.54, 1.807) is 11.3 Å². The first-order valence-electron chi connectivity index (χ1n) is 4.91. The van der Waals surface area contributed by atoms with Gasteiger partial charge in [-0.2, -0.15) is 0 Å². The molecule has 0 atom stereocenters. The van der Waals surface area contributed by atoms with Gasteiger partial charge in [0.1, 0.15) is 0 Å². The van der Waals surface area contributed by atoms with Gasteiger partial charge in [-0.3, -0.25) is 9.69 Å². The lowest BCUT2D eigenvalue weighted by molar-refractivity contribution is -0.122. The van der Waals surface area contributed by atoms with E-state index in [-0.39, 0.29) is 12.5 Å². The number of aliphatic hydroxyl groups is 1. The number of amides is 1. The Kier molecular flexibility index (Phi) is 5.97. The van der Waals surface area contributed by atoms with E-state index in [1.807, 2.05) is 18.0 Å². The molecule has 6 heteroatoms. The minimum Gasteiger partial charge on any atom is -0.395 e. The number of rotatable bonds is 6. The van der Waals surface area contributed by atoms with Crippen molar-refractivity contribution in [2.75, 3.05) is 26.7 Å². The average Bonchev–Trinajstić information content (AvgIpc) is 2.60. The summed E-state index contributed by atoms with van der Waals surface area (Å²) in [5, 5.41) is 13.2. The van der Waals surface area contributed by atoms with Gasteiger partial charge in [0, 0.05) is 13.1 Å². The Morgan fingerprint density at radius 1 is 1.69 bits per heavy atom. The van der Waals surface area contributed by atoms with Crippen molar-refractivity contribution in [1.82, 2.24) is 10.2 Å². The maximum Gasteiger partial charge on any atom is 0.234 e. The van der Waals surface area contributed by atoms with Crippen LogP contribution in [0.15, 0.2) is 15.2 Å². The van der Waals surface area contributed by atoms with Crippen molar-refractivity contribution < 1.29 is 9.90 Å². The van der Waals surface area contributed by atoms with Crippen LogP contribution in [0, 0.1) is 0 Å². The van der Waals surface area contributed by atoms with E-state index in [0.717, 1.165) is 10.3 Å². The molecule has 0 saturated heterocycles. The molecule has 0 bridgehead atoms. The third kappa shape index (κ3) is 5.07. The molecular weight excluding hydrogens is 292 g/mol. The van der Waals surface area contributed by atoms with Gasteiger partial charge in [0.2, 0.25) is 5.91 Å². The largest absolute Gasteiger partial charge is 0.395 e. The van der Waals surface area contributed by atoms with Crippen molar-refractivity contribution in [3.63, 3.8) is 0 Å². The molecule has 0 saturated carbocycles. The molecule has 0 aliphatic carbocycles. The highest BCUT2D eigenvalue weighted by Crippen LogP contribution is 2.21. The number of nitrogens with one attached hydrogen (secondary N) is 1. The zero-order valence-corrected chi connectivity index (χ0v) is 11.5. The monoisotopic (exact) mass is 306 g/mol. The first-order valence-corrected chi connectivity index (χ1v) is 6.58. The molecule has 0 spiro atoms. The predicted octanol–water partition coefficient (Wildman–Crippen LogP) is 1.05. The van der Waals surface area contributed by atoms with E-state index in [2.05, 4.69) is 26.6 Å². The fourth-order valence-corrected chi connectivity index (χ4v) is 2.49. The van der Waals surface area contributed by atoms with Crippen LogP contribution in [0.2, 0.25) is 0 Å². The van der Waals surface area contributed by atoms with Crippen LogP contribution in [0.1, 0.15) is 5.56 Å². The van der Waals surface area contributed by atoms with Gasteiger partial charge in [0.25, 0.3) is 0 Å². The molecule has 16 heavy (non-hydrogen) atoms. The summed E-state index contributed by atoms with van der Waals surface area (Å²) in [7, 11) is 1.89. The summed E-state index contributed by atoms with van der Waals surface area (Å²) in [6.45, 7) is 1.38. The topological polar surface area (TPSA) is 52.6 Å². The standard InChI is InChI=1S/C10H15BrN2O2S/c1-13(6-10(15)12-2-3-14)5-8-4-9(11)16-7-8/h4,7,14H,2-3,5-6H2,1H3,(H,12,15). The van der Waals surface area contributed by atoms with Crippen molar-refractivity contribution in [3.05, 3.63) is 20.8 Å². The predicted molar refractivity (Wildman–Crippen MR) is 68.4 cm³/mol. The van der Waals surface area contributed by atoms with Gasteiger partial charge in [0.15, 0.2) is 0 Å². The molecule has 0 fully saturated rings. The van der Waals surface area contributed by atoms with E-state index in [1.165, 1.54) is 5.56 Å². The van der Waals surface area contributed by atoms with Crippen LogP contribution in [0.25, 0.3) is 0 Å². The lowest BCUT2D eigenvalue weighted by Crippen LogP contribution is -2.36. The molecule has 90 valence electrons. The molecule has 1 aromatic heterocycles. The summed E-state index contributed by atoms with van der Waals surface area (Å²) in [6.07, 6.45) is 0. The Morgan fingerprint density at radius 2 is 2.44 bits per heavy atom. The zero-order chi connectivity index (χ0) is 12.0. The van der Waals surface area contributed by atoms with E-state index in [9.17, 15) is 4.79 Å². The van der Waals surface area contributed by atoms with Crippen LogP contribution in [-0.4, -0.2) is 42.7 Å². The maximum absolute atomic E-state index is 11.3. The molecule has 0 aromatic carbocycles. The minimum absolute atomic E-state index is 0.0209. The summed E-state index contributed by atoms with van der Waals surface area (Å²) in [6, 6.07) is 2.05. The number of thiophene rings is 1. The zero-order valence-electron chi connectivity index (χ0n) is 9.07. The van der Waals surface area contributed by atoms with Gasteiger partial charge in [-0.1, -0.05) is 0 Å². The SMILES string of the molecule is CN(CC(=O)NCCO)Cc1csc(Br)c1. The molecule has 1 amide bonds. The quantitative estimate of drug-likeness (QED) is 0.826. The first kappa shape index (κ1) is 13.6. The van der Waals surface area contributed by atoms with Crippen LogP contribution in [0.4, 0.5) is 0 Å². The molecule has 1 heterocycles. The number of carbonyl (C=O) groups is 1. The second-order valence-electron chi connectivity index (χ2n) is 3.50. The number of hydrogen-bond donors (Lipinski definition) is 2. The van der Waals surface area contributed by atoms with E-state index < -0.39 is 0 Å². The number of nitrogens with zero attached hydrogens (tertiary/aromatic N) is 1. The van der Waals surface area contributed by atoms with Crippen LogP contribution in [-0.2, 0) is 11.3 Å². The Labute approximate surface area is 107 Å². The number of halogens is 1. The molecule has 0 unspecified atom stereocenters. The molecular formula is C10H15BrN2O2S. The van der Waals surface area contributed by atoms with E-state index >= 15 is 0 Å². The molecule has 0 aliphatic rings. The van der Waals surface area contributed by atoms with Gasteiger partial charge in [-0.05, 0) is 40.0 Å². The van der Waals surface area contributed by atoms with E-state index in [4.69, 9.17) is 5.11 Å². The Balaban J connectivity index is 2.30. The fraction of sp³-hybridized carbons (Fsp3) is 0.500. The van der Waals surface area contributed by atoms with Crippen LogP contribution in [0.5, 0.6) is 0 Å². The third-order valence-electron chi connectivity index (χ3n) is 1.92. The van der Waals surface area contributed by atoms with Crippen molar-refractivity contribution in [1.29, 1.82) is 0 Å². The Bertz CT molecular complexity index is 343. The van der Waals surface area contributed by atoms with Crippen molar-refractivity contribution >= 4 is 33.2 Å². The number of likely N-dealkylation sites (N-methyl/N-ethyl adjacent to an activating group) is 1. The third-order valence-corrected chi connectivity index (χ3v) is 3.48. The highest BCUT2D eigenvalue weighted by molar-refractivity contribution is 9.11. The van der Waals surface area contributed by atoms with Gasteiger partial charge in [-0.25, -0.2) is 0 Å². The fourth-order valence-electron chi connectivity index (χ4n) is 1.29. The van der Waals surface area contributed by atoms with Crippen molar-refractivity contribution in [3.8, 4) is 0 Å². The van der Waals surface area contributed by atoms with Gasteiger partial charge in [0.05, 0.1) is 16.9 Å². The van der Waals surface area contributed by atoms with Gasteiger partial charge < -0.3 is 10.4 Å². The van der Waals surface area contributed by atoms with E-state index in [0.29, 0.717) is 13.1 Å². The highest BCUT2D eigenvalue weighted by Gasteiger charge is 2.07. The summed E-state index contributed by atoms with van der Waals surface area (Å²) >= 11 is 5.04. The summed E-state index contributed by atoms with van der Waals surface area (Å²) in [4.78, 5) is 13.3. The molecule has 0 aliphatic heterocycles. The van der Waals surface area contributed by atoms with Crippen LogP contribution in [0.3, 0.4) is 0 Å². The van der Waals surface area contributed by atoms with Gasteiger partial charge in [-0.15, -0.1) is 11.3 Å². The summed E-state index contributed by atoms with van der Waals surface area (Å²) in [5.41, 5.74) is 1.19. The van der Waals surface area contributed by atoms with Crippen LogP contribution >= 0.6 is 27.3 Å². The highest BCUT2D eigenvalue weighted by atomic mass is 79.9. The average molecular weight is 307 g/mol. The molecule has 4 nitrogen and oxygen atoms in total. The number of hydrogen-bond acceptors (Lipinski definition) is 4. The second-order valence-corrected chi connectivity index (χ2v) is 5.80. The second kappa shape index (κ2) is 7.01. The van der Waals surface area contributed by atoms with Crippen molar-refractivity contribution in [2.45, 2.75) is 6.54 Å². The molecule has 1 aromatic rings. The lowest BCUT2D eigenvalue weighted by atomic mass is 10.3. The minimum atomic E-state index is -0.0640.